The molecule has 0 atom stereocenters. The summed E-state index contributed by atoms with van der Waals surface area (Å²) in [6.45, 7) is 6.91. The van der Waals surface area contributed by atoms with Crippen LogP contribution in [0.1, 0.15) is 43.4 Å². The average molecular weight is 363 g/mol. The van der Waals surface area contributed by atoms with Gasteiger partial charge in [0, 0.05) is 5.41 Å². The van der Waals surface area contributed by atoms with Crippen molar-refractivity contribution in [2.45, 2.75) is 39.0 Å². The molecule has 4 aromatic rings. The minimum Gasteiger partial charge on any atom is -0.0642 e. The monoisotopic (exact) mass is 362 g/mol. The van der Waals surface area contributed by atoms with Crippen molar-refractivity contribution in [2.24, 2.45) is 0 Å². The fourth-order valence-corrected chi connectivity index (χ4v) is 5.33. The van der Waals surface area contributed by atoms with E-state index in [4.69, 9.17) is 0 Å². The van der Waals surface area contributed by atoms with Gasteiger partial charge in [-0.1, -0.05) is 92.2 Å². The fourth-order valence-electron chi connectivity index (χ4n) is 5.33. The lowest BCUT2D eigenvalue weighted by Crippen LogP contribution is -2.23. The van der Waals surface area contributed by atoms with Crippen molar-refractivity contribution in [3.63, 3.8) is 0 Å². The second kappa shape index (κ2) is 6.34. The summed E-state index contributed by atoms with van der Waals surface area (Å²) in [6.07, 6.45) is 2.25. The van der Waals surface area contributed by atoms with Crippen LogP contribution < -0.4 is 0 Å². The molecule has 0 fully saturated rings. The first-order valence-electron chi connectivity index (χ1n) is 10.4. The van der Waals surface area contributed by atoms with Crippen molar-refractivity contribution in [3.8, 4) is 22.3 Å². The van der Waals surface area contributed by atoms with Gasteiger partial charge in [0.25, 0.3) is 0 Å². The molecule has 1 aliphatic rings. The first-order chi connectivity index (χ1) is 13.7. The van der Waals surface area contributed by atoms with Crippen molar-refractivity contribution in [3.05, 3.63) is 95.6 Å². The van der Waals surface area contributed by atoms with Gasteiger partial charge in [-0.05, 0) is 70.0 Å². The van der Waals surface area contributed by atoms with Crippen LogP contribution in [0.2, 0.25) is 0 Å². The maximum atomic E-state index is 2.50. The standard InChI is InChI=1S/C28H26/c1-4-28(5-2)25-17-19(3)15-16-23(25)27-22-14-10-9-13-21(22)24(18-26(27)28)20-11-7-6-8-12-20/h6-18H,4-5H2,1-3H3. The molecule has 0 heteroatoms. The van der Waals surface area contributed by atoms with Crippen LogP contribution in [0.5, 0.6) is 0 Å². The topological polar surface area (TPSA) is 0 Å². The van der Waals surface area contributed by atoms with Crippen molar-refractivity contribution in [2.75, 3.05) is 0 Å². The highest BCUT2D eigenvalue weighted by atomic mass is 14.4. The van der Waals surface area contributed by atoms with E-state index in [0.29, 0.717) is 0 Å². The molecule has 0 aliphatic heterocycles. The summed E-state index contributed by atoms with van der Waals surface area (Å²) in [5.74, 6) is 0. The smallest absolute Gasteiger partial charge is 0.0210 e. The summed E-state index contributed by atoms with van der Waals surface area (Å²) in [5.41, 5.74) is 10.0. The summed E-state index contributed by atoms with van der Waals surface area (Å²) in [7, 11) is 0. The average Bonchev–Trinajstić information content (AvgIpc) is 3.03. The van der Waals surface area contributed by atoms with Gasteiger partial charge in [-0.25, -0.2) is 0 Å². The van der Waals surface area contributed by atoms with Crippen LogP contribution in [-0.4, -0.2) is 0 Å². The van der Waals surface area contributed by atoms with Crippen LogP contribution in [0.4, 0.5) is 0 Å². The first kappa shape index (κ1) is 17.3. The predicted octanol–water partition coefficient (Wildman–Crippen LogP) is 7.90. The van der Waals surface area contributed by atoms with E-state index < -0.39 is 0 Å². The maximum absolute atomic E-state index is 2.50. The molecule has 0 spiro atoms. The summed E-state index contributed by atoms with van der Waals surface area (Å²) in [6, 6.07) is 29.3. The number of fused-ring (bicyclic) bond motifs is 5. The second-order valence-corrected chi connectivity index (χ2v) is 8.10. The van der Waals surface area contributed by atoms with Crippen LogP contribution in [0.3, 0.4) is 0 Å². The molecule has 0 radical (unpaired) electrons. The lowest BCUT2D eigenvalue weighted by molar-refractivity contribution is 0.490. The Bertz CT molecular complexity index is 1180. The zero-order chi connectivity index (χ0) is 19.3. The third-order valence-corrected chi connectivity index (χ3v) is 6.81. The van der Waals surface area contributed by atoms with Gasteiger partial charge in [0.2, 0.25) is 0 Å². The highest BCUT2D eigenvalue weighted by Gasteiger charge is 2.41. The van der Waals surface area contributed by atoms with Gasteiger partial charge < -0.3 is 0 Å². The molecule has 4 aromatic carbocycles. The normalized spacial score (nSPS) is 14.1. The zero-order valence-electron chi connectivity index (χ0n) is 16.9. The third kappa shape index (κ3) is 2.24. The van der Waals surface area contributed by atoms with Crippen LogP contribution >= 0.6 is 0 Å². The minimum atomic E-state index is 0.101. The molecule has 0 amide bonds. The Labute approximate surface area is 167 Å². The largest absolute Gasteiger partial charge is 0.0642 e. The van der Waals surface area contributed by atoms with Gasteiger partial charge in [-0.3, -0.25) is 0 Å². The van der Waals surface area contributed by atoms with Gasteiger partial charge in [0.05, 0.1) is 0 Å². The Hall–Kier alpha value is -2.86. The molecule has 0 aromatic heterocycles. The highest BCUT2D eigenvalue weighted by Crippen LogP contribution is 2.56. The van der Waals surface area contributed by atoms with E-state index in [1.54, 1.807) is 0 Å². The molecule has 28 heavy (non-hydrogen) atoms. The summed E-state index contributed by atoms with van der Waals surface area (Å²) in [5, 5.41) is 2.73. The Morgan fingerprint density at radius 1 is 0.643 bits per heavy atom. The van der Waals surface area contributed by atoms with Gasteiger partial charge in [-0.2, -0.15) is 0 Å². The molecule has 138 valence electrons. The van der Waals surface area contributed by atoms with Crippen molar-refractivity contribution >= 4 is 10.8 Å². The first-order valence-corrected chi connectivity index (χ1v) is 10.4. The van der Waals surface area contributed by atoms with Gasteiger partial charge in [-0.15, -0.1) is 0 Å². The van der Waals surface area contributed by atoms with E-state index in [9.17, 15) is 0 Å². The second-order valence-electron chi connectivity index (χ2n) is 8.10. The van der Waals surface area contributed by atoms with Crippen molar-refractivity contribution in [1.29, 1.82) is 0 Å². The van der Waals surface area contributed by atoms with E-state index in [2.05, 4.69) is 99.6 Å². The van der Waals surface area contributed by atoms with E-state index in [0.717, 1.165) is 12.8 Å². The Kier molecular flexibility index (Phi) is 3.91. The Morgan fingerprint density at radius 2 is 1.32 bits per heavy atom. The quantitative estimate of drug-likeness (QED) is 0.347. The molecule has 1 aliphatic carbocycles. The SMILES string of the molecule is CCC1(CC)c2cc(C)ccc2-c2c1cc(-c1ccccc1)c1ccccc21. The molecular formula is C28H26. The van der Waals surface area contributed by atoms with E-state index in [1.165, 1.54) is 49.7 Å². The zero-order valence-corrected chi connectivity index (χ0v) is 16.9. The fraction of sp³-hybridized carbons (Fsp3) is 0.214. The number of aryl methyl sites for hydroxylation is 1. The molecular weight excluding hydrogens is 336 g/mol. The lowest BCUT2D eigenvalue weighted by atomic mass is 9.73. The number of rotatable bonds is 3. The van der Waals surface area contributed by atoms with E-state index in [1.807, 2.05) is 0 Å². The molecule has 0 heterocycles. The maximum Gasteiger partial charge on any atom is 0.0210 e. The van der Waals surface area contributed by atoms with Crippen molar-refractivity contribution < 1.29 is 0 Å². The predicted molar refractivity (Wildman–Crippen MR) is 121 cm³/mol. The van der Waals surface area contributed by atoms with Crippen LogP contribution in [0, 0.1) is 6.92 Å². The molecule has 0 saturated carbocycles. The van der Waals surface area contributed by atoms with Gasteiger partial charge >= 0.3 is 0 Å². The molecule has 0 saturated heterocycles. The highest BCUT2D eigenvalue weighted by molar-refractivity contribution is 6.09. The molecule has 0 bridgehead atoms. The van der Waals surface area contributed by atoms with E-state index in [-0.39, 0.29) is 5.41 Å². The molecule has 0 unspecified atom stereocenters. The minimum absolute atomic E-state index is 0.101. The molecule has 0 N–H and O–H groups in total. The Balaban J connectivity index is 1.95. The van der Waals surface area contributed by atoms with Crippen molar-refractivity contribution in [1.82, 2.24) is 0 Å². The van der Waals surface area contributed by atoms with Gasteiger partial charge in [0.1, 0.15) is 0 Å². The molecule has 5 rings (SSSR count). The Morgan fingerprint density at radius 3 is 2.04 bits per heavy atom. The number of hydrogen-bond acceptors (Lipinski definition) is 0. The van der Waals surface area contributed by atoms with Gasteiger partial charge in [0.15, 0.2) is 0 Å². The number of benzene rings is 4. The third-order valence-electron chi connectivity index (χ3n) is 6.81. The lowest BCUT2D eigenvalue weighted by Gasteiger charge is -2.30. The molecule has 0 nitrogen and oxygen atoms in total. The van der Waals surface area contributed by atoms with Crippen LogP contribution in [-0.2, 0) is 5.41 Å². The van der Waals surface area contributed by atoms with Crippen LogP contribution in [0.15, 0.2) is 78.9 Å². The summed E-state index contributed by atoms with van der Waals surface area (Å²) >= 11 is 0. The van der Waals surface area contributed by atoms with Crippen LogP contribution in [0.25, 0.3) is 33.0 Å². The van der Waals surface area contributed by atoms with E-state index >= 15 is 0 Å². The summed E-state index contributed by atoms with van der Waals surface area (Å²) in [4.78, 5) is 0. The summed E-state index contributed by atoms with van der Waals surface area (Å²) < 4.78 is 0. The number of hydrogen-bond donors (Lipinski definition) is 0.